The predicted molar refractivity (Wildman–Crippen MR) is 111 cm³/mol. The first-order chi connectivity index (χ1) is 13.6. The minimum Gasteiger partial charge on any atom is -0.493 e. The molecule has 0 radical (unpaired) electrons. The zero-order valence-corrected chi connectivity index (χ0v) is 17.0. The van der Waals surface area contributed by atoms with Gasteiger partial charge in [0.2, 0.25) is 5.91 Å². The molecular weight excluding hydrogens is 352 g/mol. The molecule has 1 aliphatic rings. The average molecular weight is 383 g/mol. The highest BCUT2D eigenvalue weighted by Crippen LogP contribution is 2.27. The molecule has 150 valence electrons. The molecule has 5 nitrogen and oxygen atoms in total. The second-order valence-electron chi connectivity index (χ2n) is 7.38. The number of aryl methyl sites for hydroxylation is 1. The van der Waals surface area contributed by atoms with Crippen LogP contribution in [0.25, 0.3) is 0 Å². The van der Waals surface area contributed by atoms with Crippen molar-refractivity contribution < 1.29 is 14.3 Å². The van der Waals surface area contributed by atoms with Gasteiger partial charge in [-0.05, 0) is 61.7 Å². The van der Waals surface area contributed by atoms with E-state index >= 15 is 0 Å². The van der Waals surface area contributed by atoms with Gasteiger partial charge in [-0.1, -0.05) is 30.3 Å². The largest absolute Gasteiger partial charge is 0.493 e. The van der Waals surface area contributed by atoms with E-state index in [4.69, 9.17) is 9.47 Å². The van der Waals surface area contributed by atoms with Crippen LogP contribution in [-0.2, 0) is 17.9 Å². The Kier molecular flexibility index (Phi) is 6.93. The van der Waals surface area contributed by atoms with Gasteiger partial charge in [0.05, 0.1) is 14.2 Å². The molecule has 1 fully saturated rings. The molecule has 2 aromatic rings. The second kappa shape index (κ2) is 9.60. The van der Waals surface area contributed by atoms with E-state index in [1.165, 1.54) is 11.1 Å². The van der Waals surface area contributed by atoms with Crippen molar-refractivity contribution in [2.75, 3.05) is 27.3 Å². The van der Waals surface area contributed by atoms with Gasteiger partial charge < -0.3 is 14.8 Å². The highest BCUT2D eigenvalue weighted by molar-refractivity contribution is 5.78. The molecule has 1 N–H and O–H groups in total. The predicted octanol–water partition coefficient (Wildman–Crippen LogP) is 3.54. The van der Waals surface area contributed by atoms with E-state index in [1.54, 1.807) is 14.2 Å². The molecule has 1 heterocycles. The number of likely N-dealkylation sites (tertiary alicyclic amines) is 1. The summed E-state index contributed by atoms with van der Waals surface area (Å²) in [5, 5.41) is 3.08. The van der Waals surface area contributed by atoms with E-state index in [0.717, 1.165) is 38.0 Å². The van der Waals surface area contributed by atoms with E-state index in [9.17, 15) is 4.79 Å². The van der Waals surface area contributed by atoms with Gasteiger partial charge in [0.25, 0.3) is 0 Å². The molecule has 1 aliphatic heterocycles. The Morgan fingerprint density at radius 3 is 2.46 bits per heavy atom. The number of rotatable bonds is 7. The second-order valence-corrected chi connectivity index (χ2v) is 7.38. The molecule has 1 saturated heterocycles. The van der Waals surface area contributed by atoms with Crippen LogP contribution >= 0.6 is 0 Å². The third-order valence-electron chi connectivity index (χ3n) is 5.53. The summed E-state index contributed by atoms with van der Waals surface area (Å²) in [6.45, 7) is 5.55. The number of methoxy groups -OCH3 is 2. The van der Waals surface area contributed by atoms with Crippen molar-refractivity contribution in [2.45, 2.75) is 32.9 Å². The van der Waals surface area contributed by atoms with Crippen LogP contribution in [0.5, 0.6) is 11.5 Å². The van der Waals surface area contributed by atoms with Crippen LogP contribution in [0.15, 0.2) is 42.5 Å². The first-order valence-corrected chi connectivity index (χ1v) is 9.86. The summed E-state index contributed by atoms with van der Waals surface area (Å²) in [5.74, 6) is 1.61. The Hall–Kier alpha value is -2.53. The number of carbonyl (C=O) groups is 1. The molecule has 0 saturated carbocycles. The summed E-state index contributed by atoms with van der Waals surface area (Å²) in [6.07, 6.45) is 1.81. The van der Waals surface area contributed by atoms with E-state index in [2.05, 4.69) is 41.4 Å². The number of hydrogen-bond acceptors (Lipinski definition) is 4. The molecule has 5 heteroatoms. The van der Waals surface area contributed by atoms with Gasteiger partial charge in [-0.2, -0.15) is 0 Å². The van der Waals surface area contributed by atoms with Crippen molar-refractivity contribution in [1.29, 1.82) is 0 Å². The lowest BCUT2D eigenvalue weighted by Gasteiger charge is -2.31. The maximum Gasteiger partial charge on any atom is 0.223 e. The lowest BCUT2D eigenvalue weighted by molar-refractivity contribution is -0.126. The number of amides is 1. The quantitative estimate of drug-likeness (QED) is 0.796. The van der Waals surface area contributed by atoms with Crippen molar-refractivity contribution in [3.05, 3.63) is 59.2 Å². The number of hydrogen-bond donors (Lipinski definition) is 1. The molecule has 28 heavy (non-hydrogen) atoms. The summed E-state index contributed by atoms with van der Waals surface area (Å²) in [6, 6.07) is 14.2. The zero-order valence-electron chi connectivity index (χ0n) is 17.0. The SMILES string of the molecule is COc1ccc(CNC(=O)C2CCN(Cc3ccccc3C)CC2)cc1OC. The number of ether oxygens (including phenoxy) is 2. The normalized spacial score (nSPS) is 15.2. The molecule has 0 aliphatic carbocycles. The summed E-state index contributed by atoms with van der Waals surface area (Å²) in [5.41, 5.74) is 3.71. The molecule has 0 unspecified atom stereocenters. The maximum absolute atomic E-state index is 12.6. The summed E-state index contributed by atoms with van der Waals surface area (Å²) in [4.78, 5) is 15.0. The molecule has 2 aromatic carbocycles. The molecule has 3 rings (SSSR count). The minimum atomic E-state index is 0.0910. The average Bonchev–Trinajstić information content (AvgIpc) is 2.74. The van der Waals surface area contributed by atoms with Gasteiger partial charge in [-0.25, -0.2) is 0 Å². The van der Waals surface area contributed by atoms with Crippen LogP contribution < -0.4 is 14.8 Å². The highest BCUT2D eigenvalue weighted by atomic mass is 16.5. The van der Waals surface area contributed by atoms with Crippen molar-refractivity contribution in [3.63, 3.8) is 0 Å². The van der Waals surface area contributed by atoms with Crippen molar-refractivity contribution in [1.82, 2.24) is 10.2 Å². The molecule has 1 amide bonds. The lowest BCUT2D eigenvalue weighted by Crippen LogP contribution is -2.40. The summed E-state index contributed by atoms with van der Waals surface area (Å²) < 4.78 is 10.6. The van der Waals surface area contributed by atoms with Crippen LogP contribution in [0, 0.1) is 12.8 Å². The van der Waals surface area contributed by atoms with Gasteiger partial charge in [-0.3, -0.25) is 9.69 Å². The Morgan fingerprint density at radius 2 is 1.79 bits per heavy atom. The van der Waals surface area contributed by atoms with Crippen molar-refractivity contribution in [2.24, 2.45) is 5.92 Å². The minimum absolute atomic E-state index is 0.0910. The standard InChI is InChI=1S/C23H30N2O3/c1-17-6-4-5-7-20(17)16-25-12-10-19(11-13-25)23(26)24-15-18-8-9-21(27-2)22(14-18)28-3/h4-9,14,19H,10-13,15-16H2,1-3H3,(H,24,26). The number of nitrogens with zero attached hydrogens (tertiary/aromatic N) is 1. The molecule has 0 aromatic heterocycles. The Balaban J connectivity index is 1.47. The smallest absolute Gasteiger partial charge is 0.223 e. The lowest BCUT2D eigenvalue weighted by atomic mass is 9.95. The molecule has 0 atom stereocenters. The first kappa shape index (κ1) is 20.2. The summed E-state index contributed by atoms with van der Waals surface area (Å²) >= 11 is 0. The number of carbonyl (C=O) groups excluding carboxylic acids is 1. The monoisotopic (exact) mass is 382 g/mol. The highest BCUT2D eigenvalue weighted by Gasteiger charge is 2.25. The molecule has 0 spiro atoms. The molecular formula is C23H30N2O3. The van der Waals surface area contributed by atoms with E-state index in [0.29, 0.717) is 18.0 Å². The van der Waals surface area contributed by atoms with Crippen LogP contribution in [0.1, 0.15) is 29.5 Å². The van der Waals surface area contributed by atoms with Crippen LogP contribution in [-0.4, -0.2) is 38.1 Å². The van der Waals surface area contributed by atoms with Gasteiger partial charge in [-0.15, -0.1) is 0 Å². The van der Waals surface area contributed by atoms with Gasteiger partial charge in [0, 0.05) is 19.0 Å². The Morgan fingerprint density at radius 1 is 1.07 bits per heavy atom. The van der Waals surface area contributed by atoms with Gasteiger partial charge in [0.1, 0.15) is 0 Å². The van der Waals surface area contributed by atoms with Crippen LogP contribution in [0.3, 0.4) is 0 Å². The fraction of sp³-hybridized carbons (Fsp3) is 0.435. The number of piperidine rings is 1. The fourth-order valence-corrected chi connectivity index (χ4v) is 3.71. The van der Waals surface area contributed by atoms with E-state index < -0.39 is 0 Å². The number of benzene rings is 2. The Labute approximate surface area is 167 Å². The van der Waals surface area contributed by atoms with Crippen molar-refractivity contribution in [3.8, 4) is 11.5 Å². The molecule has 0 bridgehead atoms. The fourth-order valence-electron chi connectivity index (χ4n) is 3.71. The van der Waals surface area contributed by atoms with Crippen molar-refractivity contribution >= 4 is 5.91 Å². The van der Waals surface area contributed by atoms with Gasteiger partial charge in [0.15, 0.2) is 11.5 Å². The Bertz CT molecular complexity index is 798. The van der Waals surface area contributed by atoms with E-state index in [1.807, 2.05) is 18.2 Å². The van der Waals surface area contributed by atoms with Crippen LogP contribution in [0.2, 0.25) is 0 Å². The van der Waals surface area contributed by atoms with Crippen LogP contribution in [0.4, 0.5) is 0 Å². The summed E-state index contributed by atoms with van der Waals surface area (Å²) in [7, 11) is 3.23. The zero-order chi connectivity index (χ0) is 19.9. The third kappa shape index (κ3) is 5.04. The topological polar surface area (TPSA) is 50.8 Å². The number of nitrogens with one attached hydrogen (secondary N) is 1. The third-order valence-corrected chi connectivity index (χ3v) is 5.53. The first-order valence-electron chi connectivity index (χ1n) is 9.86. The maximum atomic E-state index is 12.6. The van der Waals surface area contributed by atoms with E-state index in [-0.39, 0.29) is 11.8 Å². The van der Waals surface area contributed by atoms with Gasteiger partial charge >= 0.3 is 0 Å².